The second-order valence-electron chi connectivity index (χ2n) is 8.86. The predicted molar refractivity (Wildman–Crippen MR) is 112 cm³/mol. The molecule has 3 rings (SSSR count). The summed E-state index contributed by atoms with van der Waals surface area (Å²) in [7, 11) is -2.03. The lowest BCUT2D eigenvalue weighted by molar-refractivity contribution is -0.140. The first-order valence-corrected chi connectivity index (χ1v) is 11.6. The van der Waals surface area contributed by atoms with E-state index in [1.807, 2.05) is 0 Å². The van der Waals surface area contributed by atoms with Gasteiger partial charge in [-0.2, -0.15) is 13.2 Å². The molecule has 1 aliphatic rings. The second-order valence-corrected chi connectivity index (χ2v) is 11.3. The molecule has 0 amide bonds. The van der Waals surface area contributed by atoms with Crippen LogP contribution in [0.25, 0.3) is 11.3 Å². The van der Waals surface area contributed by atoms with Gasteiger partial charge in [-0.25, -0.2) is 18.1 Å². The van der Waals surface area contributed by atoms with Gasteiger partial charge in [-0.05, 0) is 58.6 Å². The lowest BCUT2D eigenvalue weighted by atomic mass is 9.86. The highest BCUT2D eigenvalue weighted by Crippen LogP contribution is 2.40. The summed E-state index contributed by atoms with van der Waals surface area (Å²) in [6, 6.07) is 6.14. The van der Waals surface area contributed by atoms with Crippen molar-refractivity contribution in [2.75, 3.05) is 7.11 Å². The average molecular weight is 460 g/mol. The molecule has 10 heteroatoms. The van der Waals surface area contributed by atoms with Crippen LogP contribution in [0.5, 0.6) is 5.75 Å². The maximum Gasteiger partial charge on any atom is 0.433 e. The average Bonchev–Trinajstić information content (AvgIpc) is 3.13. The van der Waals surface area contributed by atoms with E-state index in [0.29, 0.717) is 37.0 Å². The molecule has 6 nitrogen and oxygen atoms in total. The van der Waals surface area contributed by atoms with E-state index < -0.39 is 26.6 Å². The maximum absolute atomic E-state index is 13.7. The Morgan fingerprint density at radius 1 is 1.13 bits per heavy atom. The number of hydrogen-bond donors (Lipinski definition) is 2. The third-order valence-electron chi connectivity index (χ3n) is 5.59. The molecule has 1 aromatic heterocycles. The Morgan fingerprint density at radius 3 is 2.32 bits per heavy atom. The molecule has 2 aromatic rings. The summed E-state index contributed by atoms with van der Waals surface area (Å²) in [4.78, 5) is 6.81. The Kier molecular flexibility index (Phi) is 6.44. The fourth-order valence-electron chi connectivity index (χ4n) is 3.65. The van der Waals surface area contributed by atoms with Crippen LogP contribution in [-0.2, 0) is 16.2 Å². The van der Waals surface area contributed by atoms with Crippen molar-refractivity contribution in [3.8, 4) is 17.0 Å². The molecule has 2 N–H and O–H groups in total. The molecule has 1 fully saturated rings. The van der Waals surface area contributed by atoms with Gasteiger partial charge in [0.2, 0.25) is 10.0 Å². The lowest BCUT2D eigenvalue weighted by Crippen LogP contribution is -2.45. The molecular formula is C21H28F3N3O3S. The van der Waals surface area contributed by atoms with E-state index in [0.717, 1.165) is 0 Å². The van der Waals surface area contributed by atoms with E-state index >= 15 is 0 Å². The van der Waals surface area contributed by atoms with Crippen LogP contribution in [0, 0.1) is 0 Å². The number of alkyl halides is 3. The Balaban J connectivity index is 1.81. The third kappa shape index (κ3) is 5.23. The summed E-state index contributed by atoms with van der Waals surface area (Å²) in [5.74, 6) is 0.528. The minimum atomic E-state index is -4.58. The highest BCUT2D eigenvalue weighted by molar-refractivity contribution is 7.90. The van der Waals surface area contributed by atoms with E-state index in [-0.39, 0.29) is 23.5 Å². The fourth-order valence-corrected chi connectivity index (χ4v) is 4.68. The summed E-state index contributed by atoms with van der Waals surface area (Å²) in [6.45, 7) is 4.88. The van der Waals surface area contributed by atoms with Gasteiger partial charge in [-0.15, -0.1) is 0 Å². The van der Waals surface area contributed by atoms with Gasteiger partial charge < -0.3 is 9.72 Å². The molecule has 0 aliphatic heterocycles. The topological polar surface area (TPSA) is 84.1 Å². The first kappa shape index (κ1) is 23.6. The number of H-pyrrole nitrogens is 1. The minimum absolute atomic E-state index is 0.156. The number of benzene rings is 1. The van der Waals surface area contributed by atoms with Crippen molar-refractivity contribution in [2.45, 2.75) is 69.3 Å². The monoisotopic (exact) mass is 459 g/mol. The van der Waals surface area contributed by atoms with Crippen molar-refractivity contribution in [1.29, 1.82) is 0 Å². The van der Waals surface area contributed by atoms with Gasteiger partial charge in [0.1, 0.15) is 23.0 Å². The molecular weight excluding hydrogens is 431 g/mol. The smallest absolute Gasteiger partial charge is 0.433 e. The van der Waals surface area contributed by atoms with Gasteiger partial charge in [-0.1, -0.05) is 12.1 Å². The lowest BCUT2D eigenvalue weighted by Gasteiger charge is -2.30. The summed E-state index contributed by atoms with van der Waals surface area (Å²) in [6.07, 6.45) is -2.42. The number of sulfonamides is 1. The zero-order valence-corrected chi connectivity index (χ0v) is 18.8. The largest absolute Gasteiger partial charge is 0.497 e. The number of hydrogen-bond acceptors (Lipinski definition) is 4. The molecule has 0 spiro atoms. The first-order chi connectivity index (χ1) is 14.3. The Morgan fingerprint density at radius 2 is 1.77 bits per heavy atom. The Hall–Kier alpha value is -2.07. The van der Waals surface area contributed by atoms with Crippen molar-refractivity contribution < 1.29 is 26.3 Å². The number of aromatic amines is 1. The van der Waals surface area contributed by atoms with Crippen LogP contribution < -0.4 is 9.46 Å². The van der Waals surface area contributed by atoms with Gasteiger partial charge in [0.15, 0.2) is 0 Å². The van der Waals surface area contributed by atoms with E-state index in [2.05, 4.69) is 14.7 Å². The summed E-state index contributed by atoms with van der Waals surface area (Å²) < 4.78 is 72.7. The number of methoxy groups -OCH3 is 1. The van der Waals surface area contributed by atoms with Crippen molar-refractivity contribution in [3.05, 3.63) is 35.8 Å². The SMILES string of the molecule is COc1cccc(-c2nc(C3CCC(NS(=O)(=O)C(C)(C)C)CC3)[nH]c2C(F)(F)F)c1. The van der Waals surface area contributed by atoms with Gasteiger partial charge in [0, 0.05) is 17.5 Å². The number of nitrogens with one attached hydrogen (secondary N) is 2. The summed E-state index contributed by atoms with van der Waals surface area (Å²) >= 11 is 0. The zero-order chi connectivity index (χ0) is 23.0. The number of imidazole rings is 1. The van der Waals surface area contributed by atoms with Crippen LogP contribution >= 0.6 is 0 Å². The molecule has 1 heterocycles. The van der Waals surface area contributed by atoms with Crippen LogP contribution in [0.1, 0.15) is 63.9 Å². The maximum atomic E-state index is 13.7. The zero-order valence-electron chi connectivity index (χ0n) is 18.0. The standard InChI is InChI=1S/C21H28F3N3O3S/c1-20(2,3)31(28,29)27-15-10-8-13(9-11-15)19-25-17(18(26-19)21(22,23)24)14-6-5-7-16(12-14)30-4/h5-7,12-13,15,27H,8-11H2,1-4H3,(H,25,26). The van der Waals surface area contributed by atoms with Gasteiger partial charge >= 0.3 is 6.18 Å². The number of rotatable bonds is 5. The first-order valence-electron chi connectivity index (χ1n) is 10.1. The van der Waals surface area contributed by atoms with Gasteiger partial charge in [-0.3, -0.25) is 0 Å². The number of nitrogens with zero attached hydrogens (tertiary/aromatic N) is 1. The number of aromatic nitrogens is 2. The Labute approximate surface area is 180 Å². The van der Waals surface area contributed by atoms with E-state index in [1.54, 1.807) is 39.0 Å². The Bertz CT molecular complexity index is 1020. The molecule has 0 unspecified atom stereocenters. The predicted octanol–water partition coefficient (Wildman–Crippen LogP) is 4.85. The van der Waals surface area contributed by atoms with E-state index in [9.17, 15) is 21.6 Å². The normalized spacial score (nSPS) is 20.6. The summed E-state index contributed by atoms with van der Waals surface area (Å²) in [5.41, 5.74) is -0.718. The number of ether oxygens (including phenoxy) is 1. The quantitative estimate of drug-likeness (QED) is 0.670. The minimum Gasteiger partial charge on any atom is -0.497 e. The molecule has 0 bridgehead atoms. The van der Waals surface area contributed by atoms with Crippen LogP contribution in [-0.4, -0.2) is 36.3 Å². The highest BCUT2D eigenvalue weighted by atomic mass is 32.2. The van der Waals surface area contributed by atoms with Gasteiger partial charge in [0.05, 0.1) is 11.9 Å². The van der Waals surface area contributed by atoms with Crippen LogP contribution in [0.4, 0.5) is 13.2 Å². The van der Waals surface area contributed by atoms with E-state index in [4.69, 9.17) is 4.74 Å². The number of halogens is 3. The van der Waals surface area contributed by atoms with Crippen molar-refractivity contribution in [3.63, 3.8) is 0 Å². The highest BCUT2D eigenvalue weighted by Gasteiger charge is 2.39. The summed E-state index contributed by atoms with van der Waals surface area (Å²) in [5, 5.41) is 0. The molecule has 1 aliphatic carbocycles. The molecule has 0 radical (unpaired) electrons. The molecule has 31 heavy (non-hydrogen) atoms. The molecule has 0 saturated heterocycles. The molecule has 172 valence electrons. The fraction of sp³-hybridized carbons (Fsp3) is 0.571. The third-order valence-corrected chi connectivity index (χ3v) is 7.85. The molecule has 1 saturated carbocycles. The second kappa shape index (κ2) is 8.46. The van der Waals surface area contributed by atoms with Crippen LogP contribution in [0.3, 0.4) is 0 Å². The van der Waals surface area contributed by atoms with E-state index in [1.165, 1.54) is 13.2 Å². The molecule has 1 aromatic carbocycles. The molecule has 0 atom stereocenters. The van der Waals surface area contributed by atoms with Gasteiger partial charge in [0.25, 0.3) is 0 Å². The van der Waals surface area contributed by atoms with Crippen LogP contribution in [0.15, 0.2) is 24.3 Å². The van der Waals surface area contributed by atoms with Crippen molar-refractivity contribution in [1.82, 2.24) is 14.7 Å². The van der Waals surface area contributed by atoms with Crippen molar-refractivity contribution >= 4 is 10.0 Å². The van der Waals surface area contributed by atoms with Crippen molar-refractivity contribution in [2.24, 2.45) is 0 Å². The van der Waals surface area contributed by atoms with Crippen LogP contribution in [0.2, 0.25) is 0 Å².